The molecule has 14 heavy (non-hydrogen) atoms. The highest BCUT2D eigenvalue weighted by molar-refractivity contribution is 5.90. The van der Waals surface area contributed by atoms with Gasteiger partial charge in [0.05, 0.1) is 6.61 Å². The van der Waals surface area contributed by atoms with Crippen LogP contribution in [-0.2, 0) is 14.3 Å². The molecule has 1 fully saturated rings. The highest BCUT2D eigenvalue weighted by atomic mass is 16.5. The Morgan fingerprint density at radius 1 is 1.64 bits per heavy atom. The molecule has 4 N–H and O–H groups in total. The van der Waals surface area contributed by atoms with Gasteiger partial charge in [-0.3, -0.25) is 9.59 Å². The summed E-state index contributed by atoms with van der Waals surface area (Å²) in [6, 6.07) is -0.927. The van der Waals surface area contributed by atoms with Gasteiger partial charge in [0.25, 0.3) is 0 Å². The molecule has 1 saturated heterocycles. The highest BCUT2D eigenvalue weighted by Gasteiger charge is 2.39. The van der Waals surface area contributed by atoms with Gasteiger partial charge >= 0.3 is 5.97 Å². The van der Waals surface area contributed by atoms with E-state index < -0.39 is 23.5 Å². The van der Waals surface area contributed by atoms with Crippen molar-refractivity contribution in [1.29, 1.82) is 0 Å². The zero-order chi connectivity index (χ0) is 10.8. The maximum atomic E-state index is 11.5. The molecule has 0 bridgehead atoms. The zero-order valence-corrected chi connectivity index (χ0v) is 7.95. The summed E-state index contributed by atoms with van der Waals surface area (Å²) < 4.78 is 4.99. The van der Waals surface area contributed by atoms with E-state index in [0.29, 0.717) is 13.0 Å². The van der Waals surface area contributed by atoms with Crippen molar-refractivity contribution >= 4 is 11.9 Å². The maximum absolute atomic E-state index is 11.5. The third-order valence-electron chi connectivity index (χ3n) is 2.22. The normalized spacial score (nSPS) is 28.4. The van der Waals surface area contributed by atoms with E-state index in [-0.39, 0.29) is 6.61 Å². The predicted molar refractivity (Wildman–Crippen MR) is 47.6 cm³/mol. The van der Waals surface area contributed by atoms with Crippen LogP contribution in [0.5, 0.6) is 0 Å². The summed E-state index contributed by atoms with van der Waals surface area (Å²) in [7, 11) is 0. The summed E-state index contributed by atoms with van der Waals surface area (Å²) in [5.41, 5.74) is 4.66. The first-order valence-corrected chi connectivity index (χ1v) is 4.36. The van der Waals surface area contributed by atoms with Gasteiger partial charge in [0.1, 0.15) is 11.6 Å². The number of carbonyl (C=O) groups excluding carboxylic acids is 1. The van der Waals surface area contributed by atoms with E-state index in [9.17, 15) is 9.59 Å². The number of hydrogen-bond acceptors (Lipinski definition) is 4. The molecule has 6 heteroatoms. The maximum Gasteiger partial charge on any atom is 0.325 e. The molecule has 0 spiro atoms. The molecule has 1 heterocycles. The Morgan fingerprint density at radius 3 is 2.71 bits per heavy atom. The molecule has 0 aliphatic carbocycles. The molecular weight excluding hydrogens is 188 g/mol. The number of nitrogens with two attached hydrogens (primary N) is 1. The summed E-state index contributed by atoms with van der Waals surface area (Å²) in [6.07, 6.45) is 0.422. The van der Waals surface area contributed by atoms with E-state index in [1.165, 1.54) is 6.92 Å². The molecule has 1 rings (SSSR count). The van der Waals surface area contributed by atoms with Crippen LogP contribution in [0.15, 0.2) is 0 Å². The molecule has 1 aliphatic rings. The van der Waals surface area contributed by atoms with Crippen LogP contribution in [0.25, 0.3) is 0 Å². The molecular formula is C8H14N2O4. The van der Waals surface area contributed by atoms with Crippen LogP contribution in [0.1, 0.15) is 13.3 Å². The number of rotatable bonds is 3. The van der Waals surface area contributed by atoms with Crippen molar-refractivity contribution in [1.82, 2.24) is 5.32 Å². The lowest BCUT2D eigenvalue weighted by molar-refractivity contribution is -0.142. The van der Waals surface area contributed by atoms with Crippen molar-refractivity contribution in [3.05, 3.63) is 0 Å². The van der Waals surface area contributed by atoms with Crippen LogP contribution in [-0.4, -0.2) is 41.8 Å². The number of aliphatic carboxylic acids is 1. The molecule has 0 aromatic carbocycles. The highest BCUT2D eigenvalue weighted by Crippen LogP contribution is 2.15. The third-order valence-corrected chi connectivity index (χ3v) is 2.22. The van der Waals surface area contributed by atoms with Gasteiger partial charge in [0, 0.05) is 6.61 Å². The molecule has 1 aliphatic heterocycles. The standard InChI is InChI=1S/C8H14N2O4/c1-5(6(11)12)10-7(13)8(9)2-3-14-4-8/h5H,2-4,9H2,1H3,(H,10,13)(H,11,12). The Hall–Kier alpha value is -1.14. The largest absolute Gasteiger partial charge is 0.480 e. The van der Waals surface area contributed by atoms with Crippen molar-refractivity contribution in [3.63, 3.8) is 0 Å². The van der Waals surface area contributed by atoms with E-state index in [2.05, 4.69) is 5.32 Å². The average Bonchev–Trinajstić information content (AvgIpc) is 2.53. The molecule has 1 amide bonds. The fourth-order valence-electron chi connectivity index (χ4n) is 1.16. The first kappa shape index (κ1) is 10.9. The molecule has 2 atom stereocenters. The van der Waals surface area contributed by atoms with E-state index in [1.807, 2.05) is 0 Å². The molecule has 0 aromatic rings. The van der Waals surface area contributed by atoms with Crippen LogP contribution in [0.2, 0.25) is 0 Å². The van der Waals surface area contributed by atoms with E-state index in [0.717, 1.165) is 0 Å². The second-order valence-electron chi connectivity index (χ2n) is 3.49. The smallest absolute Gasteiger partial charge is 0.325 e. The third kappa shape index (κ3) is 2.21. The summed E-state index contributed by atoms with van der Waals surface area (Å²) in [6.45, 7) is 1.97. The summed E-state index contributed by atoms with van der Waals surface area (Å²) >= 11 is 0. The number of carboxylic acid groups (broad SMARTS) is 1. The number of ether oxygens (including phenoxy) is 1. The molecule has 6 nitrogen and oxygen atoms in total. The van der Waals surface area contributed by atoms with Gasteiger partial charge in [-0.2, -0.15) is 0 Å². The number of amides is 1. The lowest BCUT2D eigenvalue weighted by Gasteiger charge is -2.22. The minimum Gasteiger partial charge on any atom is -0.480 e. The predicted octanol–water partition coefficient (Wildman–Crippen LogP) is -1.31. The summed E-state index contributed by atoms with van der Waals surface area (Å²) in [4.78, 5) is 22.0. The molecule has 0 aromatic heterocycles. The van der Waals surface area contributed by atoms with Crippen LogP contribution in [0.3, 0.4) is 0 Å². The number of carboxylic acids is 1. The number of hydrogen-bond donors (Lipinski definition) is 3. The van der Waals surface area contributed by atoms with Crippen molar-refractivity contribution in [2.75, 3.05) is 13.2 Å². The molecule has 2 unspecified atom stereocenters. The van der Waals surface area contributed by atoms with Gasteiger partial charge in [0.2, 0.25) is 5.91 Å². The fourth-order valence-corrected chi connectivity index (χ4v) is 1.16. The molecule has 0 saturated carbocycles. The van der Waals surface area contributed by atoms with Gasteiger partial charge in [-0.25, -0.2) is 0 Å². The fraction of sp³-hybridized carbons (Fsp3) is 0.750. The van der Waals surface area contributed by atoms with E-state index in [1.54, 1.807) is 0 Å². The molecule has 80 valence electrons. The van der Waals surface area contributed by atoms with Crippen LogP contribution in [0.4, 0.5) is 0 Å². The van der Waals surface area contributed by atoms with Crippen LogP contribution >= 0.6 is 0 Å². The Morgan fingerprint density at radius 2 is 2.29 bits per heavy atom. The van der Waals surface area contributed by atoms with E-state index in [4.69, 9.17) is 15.6 Å². The second kappa shape index (κ2) is 3.93. The van der Waals surface area contributed by atoms with Crippen molar-refractivity contribution in [2.24, 2.45) is 5.73 Å². The van der Waals surface area contributed by atoms with Gasteiger partial charge in [-0.05, 0) is 13.3 Å². The summed E-state index contributed by atoms with van der Waals surface area (Å²) in [5.74, 6) is -1.55. The monoisotopic (exact) mass is 202 g/mol. The summed E-state index contributed by atoms with van der Waals surface area (Å²) in [5, 5.41) is 10.9. The lowest BCUT2D eigenvalue weighted by Crippen LogP contribution is -2.57. The minimum atomic E-state index is -1.08. The van der Waals surface area contributed by atoms with Gasteiger partial charge in [-0.1, -0.05) is 0 Å². The van der Waals surface area contributed by atoms with Crippen molar-refractivity contribution in [2.45, 2.75) is 24.9 Å². The quantitative estimate of drug-likeness (QED) is 0.527. The minimum absolute atomic E-state index is 0.144. The topological polar surface area (TPSA) is 102 Å². The Bertz CT molecular complexity index is 248. The zero-order valence-electron chi connectivity index (χ0n) is 7.95. The Labute approximate surface area is 81.4 Å². The van der Waals surface area contributed by atoms with Crippen molar-refractivity contribution in [3.8, 4) is 0 Å². The lowest BCUT2D eigenvalue weighted by atomic mass is 9.99. The first-order chi connectivity index (χ1) is 6.46. The van der Waals surface area contributed by atoms with Crippen LogP contribution < -0.4 is 11.1 Å². The molecule has 0 radical (unpaired) electrons. The van der Waals surface area contributed by atoms with Crippen LogP contribution in [0, 0.1) is 0 Å². The SMILES string of the molecule is CC(NC(=O)C1(N)CCOC1)C(=O)O. The Balaban J connectivity index is 2.53. The Kier molecular flexibility index (Phi) is 3.07. The van der Waals surface area contributed by atoms with Gasteiger partial charge in [0.15, 0.2) is 0 Å². The van der Waals surface area contributed by atoms with E-state index >= 15 is 0 Å². The first-order valence-electron chi connectivity index (χ1n) is 4.36. The number of nitrogens with one attached hydrogen (secondary N) is 1. The average molecular weight is 202 g/mol. The van der Waals surface area contributed by atoms with Gasteiger partial charge in [-0.15, -0.1) is 0 Å². The number of carbonyl (C=O) groups is 2. The second-order valence-corrected chi connectivity index (χ2v) is 3.49. The van der Waals surface area contributed by atoms with Gasteiger partial charge < -0.3 is 20.9 Å². The van der Waals surface area contributed by atoms with Crippen molar-refractivity contribution < 1.29 is 19.4 Å².